The van der Waals surface area contributed by atoms with Crippen molar-refractivity contribution in [3.8, 4) is 11.5 Å². The number of carbonyl (C=O) groups excluding carboxylic acids is 1. The van der Waals surface area contributed by atoms with E-state index in [1.165, 1.54) is 24.3 Å². The van der Waals surface area contributed by atoms with Crippen LogP contribution in [-0.4, -0.2) is 50.1 Å². The SMILES string of the molecule is COc1ccc(C(CNC(=O)COc2ccc([N+](=O)[O-])cc2)N(C)C)cc1. The van der Waals surface area contributed by atoms with Gasteiger partial charge < -0.3 is 19.7 Å². The van der Waals surface area contributed by atoms with Crippen LogP contribution in [0.1, 0.15) is 11.6 Å². The Labute approximate surface area is 157 Å². The van der Waals surface area contributed by atoms with Crippen LogP contribution in [0.25, 0.3) is 0 Å². The van der Waals surface area contributed by atoms with E-state index in [-0.39, 0.29) is 24.2 Å². The van der Waals surface area contributed by atoms with Gasteiger partial charge in [-0.1, -0.05) is 12.1 Å². The van der Waals surface area contributed by atoms with Crippen LogP contribution >= 0.6 is 0 Å². The van der Waals surface area contributed by atoms with E-state index in [2.05, 4.69) is 5.32 Å². The van der Waals surface area contributed by atoms with Gasteiger partial charge in [-0.15, -0.1) is 0 Å². The Morgan fingerprint density at radius 1 is 1.11 bits per heavy atom. The molecule has 0 radical (unpaired) electrons. The van der Waals surface area contributed by atoms with Crippen molar-refractivity contribution < 1.29 is 19.2 Å². The fourth-order valence-electron chi connectivity index (χ4n) is 2.50. The minimum Gasteiger partial charge on any atom is -0.497 e. The van der Waals surface area contributed by atoms with Crippen molar-refractivity contribution in [3.05, 3.63) is 64.2 Å². The molecule has 2 rings (SSSR count). The maximum Gasteiger partial charge on any atom is 0.269 e. The molecule has 1 atom stereocenters. The lowest BCUT2D eigenvalue weighted by atomic mass is 10.1. The summed E-state index contributed by atoms with van der Waals surface area (Å²) in [6.45, 7) is 0.252. The van der Waals surface area contributed by atoms with E-state index in [1.54, 1.807) is 7.11 Å². The molecular formula is C19H23N3O5. The highest BCUT2D eigenvalue weighted by Gasteiger charge is 2.16. The van der Waals surface area contributed by atoms with E-state index in [0.29, 0.717) is 12.3 Å². The lowest BCUT2D eigenvalue weighted by Gasteiger charge is -2.25. The molecule has 0 aliphatic heterocycles. The van der Waals surface area contributed by atoms with Crippen LogP contribution in [0.15, 0.2) is 48.5 Å². The van der Waals surface area contributed by atoms with Crippen LogP contribution in [0, 0.1) is 10.1 Å². The molecule has 0 aromatic heterocycles. The molecule has 8 nitrogen and oxygen atoms in total. The third kappa shape index (κ3) is 5.96. The molecule has 8 heteroatoms. The van der Waals surface area contributed by atoms with E-state index in [4.69, 9.17) is 9.47 Å². The van der Waals surface area contributed by atoms with E-state index in [1.807, 2.05) is 43.3 Å². The number of nitrogens with one attached hydrogen (secondary N) is 1. The summed E-state index contributed by atoms with van der Waals surface area (Å²) in [6.07, 6.45) is 0. The highest BCUT2D eigenvalue weighted by molar-refractivity contribution is 5.77. The number of ether oxygens (including phenoxy) is 2. The van der Waals surface area contributed by atoms with Gasteiger partial charge in [-0.25, -0.2) is 0 Å². The van der Waals surface area contributed by atoms with Crippen LogP contribution in [0.2, 0.25) is 0 Å². The van der Waals surface area contributed by atoms with Crippen LogP contribution in [0.3, 0.4) is 0 Å². The van der Waals surface area contributed by atoms with Gasteiger partial charge in [0.25, 0.3) is 11.6 Å². The topological polar surface area (TPSA) is 93.9 Å². The molecule has 1 amide bonds. The van der Waals surface area contributed by atoms with E-state index in [0.717, 1.165) is 11.3 Å². The van der Waals surface area contributed by atoms with Gasteiger partial charge in [0.1, 0.15) is 11.5 Å². The van der Waals surface area contributed by atoms with Crippen molar-refractivity contribution in [2.75, 3.05) is 34.4 Å². The molecule has 0 spiro atoms. The van der Waals surface area contributed by atoms with Gasteiger partial charge in [0.05, 0.1) is 18.1 Å². The van der Waals surface area contributed by atoms with Gasteiger partial charge >= 0.3 is 0 Å². The first-order valence-electron chi connectivity index (χ1n) is 8.35. The van der Waals surface area contributed by atoms with E-state index >= 15 is 0 Å². The smallest absolute Gasteiger partial charge is 0.269 e. The first kappa shape index (κ1) is 20.2. The highest BCUT2D eigenvalue weighted by atomic mass is 16.6. The Kier molecular flexibility index (Phi) is 7.13. The van der Waals surface area contributed by atoms with Crippen molar-refractivity contribution in [2.24, 2.45) is 0 Å². The molecule has 0 saturated carbocycles. The van der Waals surface area contributed by atoms with Gasteiger partial charge in [-0.2, -0.15) is 0 Å². The van der Waals surface area contributed by atoms with Crippen LogP contribution < -0.4 is 14.8 Å². The standard InChI is InChI=1S/C19H23N3O5/c1-21(2)18(14-4-8-16(26-3)9-5-14)12-20-19(23)13-27-17-10-6-15(7-11-17)22(24)25/h4-11,18H,12-13H2,1-3H3,(H,20,23). The average molecular weight is 373 g/mol. The van der Waals surface area contributed by atoms with E-state index < -0.39 is 4.92 Å². The van der Waals surface area contributed by atoms with Crippen molar-refractivity contribution in [2.45, 2.75) is 6.04 Å². The maximum absolute atomic E-state index is 12.1. The number of hydrogen-bond acceptors (Lipinski definition) is 6. The van der Waals surface area contributed by atoms with Crippen LogP contribution in [0.5, 0.6) is 11.5 Å². The highest BCUT2D eigenvalue weighted by Crippen LogP contribution is 2.21. The number of non-ortho nitro benzene ring substituents is 1. The lowest BCUT2D eigenvalue weighted by molar-refractivity contribution is -0.384. The summed E-state index contributed by atoms with van der Waals surface area (Å²) >= 11 is 0. The monoisotopic (exact) mass is 373 g/mol. The molecule has 0 aliphatic carbocycles. The molecular weight excluding hydrogens is 350 g/mol. The first-order chi connectivity index (χ1) is 12.9. The number of hydrogen-bond donors (Lipinski definition) is 1. The van der Waals surface area contributed by atoms with E-state index in [9.17, 15) is 14.9 Å². The molecule has 27 heavy (non-hydrogen) atoms. The summed E-state index contributed by atoms with van der Waals surface area (Å²) in [5, 5.41) is 13.5. The minimum absolute atomic E-state index is 0.000712. The molecule has 0 aliphatic rings. The Morgan fingerprint density at radius 3 is 2.22 bits per heavy atom. The second-order valence-corrected chi connectivity index (χ2v) is 6.10. The van der Waals surface area contributed by atoms with Gasteiger partial charge in [0, 0.05) is 18.7 Å². The van der Waals surface area contributed by atoms with Crippen molar-refractivity contribution in [3.63, 3.8) is 0 Å². The number of methoxy groups -OCH3 is 1. The van der Waals surface area contributed by atoms with Gasteiger partial charge in [-0.05, 0) is 43.9 Å². The number of nitro benzene ring substituents is 1. The summed E-state index contributed by atoms with van der Waals surface area (Å²) < 4.78 is 10.5. The maximum atomic E-state index is 12.1. The first-order valence-corrected chi connectivity index (χ1v) is 8.35. The molecule has 144 valence electrons. The molecule has 1 N–H and O–H groups in total. The molecule has 2 aromatic carbocycles. The fourth-order valence-corrected chi connectivity index (χ4v) is 2.50. The van der Waals surface area contributed by atoms with Crippen molar-refractivity contribution >= 4 is 11.6 Å². The summed E-state index contributed by atoms with van der Waals surface area (Å²) in [5.74, 6) is 0.903. The lowest BCUT2D eigenvalue weighted by Crippen LogP contribution is -2.36. The van der Waals surface area contributed by atoms with Gasteiger partial charge in [0.2, 0.25) is 0 Å². The number of carbonyl (C=O) groups is 1. The van der Waals surface area contributed by atoms with Crippen LogP contribution in [0.4, 0.5) is 5.69 Å². The fraction of sp³-hybridized carbons (Fsp3) is 0.316. The molecule has 0 bridgehead atoms. The molecule has 0 heterocycles. The zero-order chi connectivity index (χ0) is 19.8. The Bertz CT molecular complexity index is 760. The second-order valence-electron chi connectivity index (χ2n) is 6.10. The average Bonchev–Trinajstić information content (AvgIpc) is 2.67. The predicted octanol–water partition coefficient (Wildman–Crippen LogP) is 2.40. The Hall–Kier alpha value is -3.13. The third-order valence-corrected chi connectivity index (χ3v) is 4.03. The molecule has 0 saturated heterocycles. The number of nitrogens with zero attached hydrogens (tertiary/aromatic N) is 2. The molecule has 1 unspecified atom stereocenters. The summed E-state index contributed by atoms with van der Waals surface area (Å²) in [6, 6.07) is 13.3. The van der Waals surface area contributed by atoms with Gasteiger partial charge in [-0.3, -0.25) is 14.9 Å². The zero-order valence-electron chi connectivity index (χ0n) is 15.5. The number of benzene rings is 2. The predicted molar refractivity (Wildman–Crippen MR) is 101 cm³/mol. The number of amides is 1. The third-order valence-electron chi connectivity index (χ3n) is 4.03. The summed E-state index contributed by atoms with van der Waals surface area (Å²) in [7, 11) is 5.49. The minimum atomic E-state index is -0.489. The normalized spacial score (nSPS) is 11.7. The molecule has 0 fully saturated rings. The van der Waals surface area contributed by atoms with Crippen molar-refractivity contribution in [1.29, 1.82) is 0 Å². The Balaban J connectivity index is 1.86. The van der Waals surface area contributed by atoms with Gasteiger partial charge in [0.15, 0.2) is 6.61 Å². The number of nitro groups is 1. The van der Waals surface area contributed by atoms with Crippen LogP contribution in [-0.2, 0) is 4.79 Å². The summed E-state index contributed by atoms with van der Waals surface area (Å²) in [4.78, 5) is 24.2. The quantitative estimate of drug-likeness (QED) is 0.536. The van der Waals surface area contributed by atoms with Crippen molar-refractivity contribution in [1.82, 2.24) is 10.2 Å². The largest absolute Gasteiger partial charge is 0.497 e. The number of rotatable bonds is 9. The number of likely N-dealkylation sites (N-methyl/N-ethyl adjacent to an activating group) is 1. The molecule has 2 aromatic rings. The summed E-state index contributed by atoms with van der Waals surface area (Å²) in [5.41, 5.74) is 1.03. The Morgan fingerprint density at radius 2 is 1.70 bits per heavy atom. The zero-order valence-corrected chi connectivity index (χ0v) is 15.5. The second kappa shape index (κ2) is 9.54.